The molecule has 3 nitrogen and oxygen atoms in total. The Morgan fingerprint density at radius 3 is 2.56 bits per heavy atom. The van der Waals surface area contributed by atoms with E-state index in [1.165, 1.54) is 7.05 Å². The highest BCUT2D eigenvalue weighted by Crippen LogP contribution is 2.37. The Morgan fingerprint density at radius 1 is 1.56 bits per heavy atom. The second kappa shape index (κ2) is 4.47. The number of rotatable bonds is 3. The number of hydrogen-bond acceptors (Lipinski definition) is 2. The van der Waals surface area contributed by atoms with E-state index in [2.05, 4.69) is 11.7 Å². The van der Waals surface area contributed by atoms with Gasteiger partial charge in [0.1, 0.15) is 5.15 Å². The van der Waals surface area contributed by atoms with Gasteiger partial charge in [-0.1, -0.05) is 18.2 Å². The van der Waals surface area contributed by atoms with Gasteiger partial charge in [-0.2, -0.15) is 18.3 Å². The fourth-order valence-electron chi connectivity index (χ4n) is 1.31. The topological polar surface area (TPSA) is 43.8 Å². The minimum absolute atomic E-state index is 0.0780. The Bertz CT molecular complexity index is 409. The Morgan fingerprint density at radius 2 is 2.12 bits per heavy atom. The smallest absolute Gasteiger partial charge is 0.330 e. The van der Waals surface area contributed by atoms with Gasteiger partial charge in [0.2, 0.25) is 0 Å². The molecule has 1 rings (SSSR count). The Balaban J connectivity index is 3.30. The van der Waals surface area contributed by atoms with Crippen molar-refractivity contribution in [3.8, 4) is 0 Å². The normalized spacial score (nSPS) is 11.9. The molecule has 2 N–H and O–H groups in total. The number of halogens is 4. The summed E-state index contributed by atoms with van der Waals surface area (Å²) in [5.41, 5.74) is 4.33. The van der Waals surface area contributed by atoms with Gasteiger partial charge in [0, 0.05) is 12.6 Å². The number of nitrogens with zero attached hydrogens (tertiary/aromatic N) is 2. The molecule has 0 saturated heterocycles. The molecule has 0 fully saturated rings. The number of hydrogen-bond donors (Lipinski definition) is 1. The molecule has 0 aliphatic heterocycles. The molecule has 1 heterocycles. The van der Waals surface area contributed by atoms with Crippen LogP contribution >= 0.6 is 11.6 Å². The van der Waals surface area contributed by atoms with E-state index >= 15 is 0 Å². The van der Waals surface area contributed by atoms with Gasteiger partial charge in [0.15, 0.2) is 5.69 Å². The number of aryl methyl sites for hydroxylation is 1. The van der Waals surface area contributed by atoms with E-state index in [-0.39, 0.29) is 29.3 Å². The average Bonchev–Trinajstić information content (AvgIpc) is 2.43. The minimum atomic E-state index is -4.54. The lowest BCUT2D eigenvalue weighted by Gasteiger charge is -2.08. The second-order valence-electron chi connectivity index (χ2n) is 3.28. The van der Waals surface area contributed by atoms with Crippen LogP contribution in [-0.2, 0) is 13.2 Å². The van der Waals surface area contributed by atoms with Crippen molar-refractivity contribution in [3.63, 3.8) is 0 Å². The molecule has 0 atom stereocenters. The highest BCUT2D eigenvalue weighted by atomic mass is 35.5. The van der Waals surface area contributed by atoms with E-state index < -0.39 is 11.9 Å². The fraction of sp³-hybridized carbons (Fsp3) is 0.444. The third kappa shape index (κ3) is 2.38. The van der Waals surface area contributed by atoms with Crippen molar-refractivity contribution in [2.24, 2.45) is 12.8 Å². The first kappa shape index (κ1) is 13.1. The third-order valence-electron chi connectivity index (χ3n) is 2.05. The first-order chi connectivity index (χ1) is 7.29. The monoisotopic (exact) mass is 253 g/mol. The quantitative estimate of drug-likeness (QED) is 0.899. The van der Waals surface area contributed by atoms with Gasteiger partial charge in [-0.3, -0.25) is 4.68 Å². The molecule has 1 aromatic rings. The van der Waals surface area contributed by atoms with Gasteiger partial charge in [-0.15, -0.1) is 0 Å². The molecule has 0 spiro atoms. The van der Waals surface area contributed by atoms with Crippen molar-refractivity contribution in [2.75, 3.05) is 6.54 Å². The predicted molar refractivity (Wildman–Crippen MR) is 55.9 cm³/mol. The van der Waals surface area contributed by atoms with Crippen LogP contribution in [0, 0.1) is 0 Å². The first-order valence-electron chi connectivity index (χ1n) is 4.47. The van der Waals surface area contributed by atoms with Crippen LogP contribution in [0.5, 0.6) is 0 Å². The van der Waals surface area contributed by atoms with Crippen LogP contribution in [0.15, 0.2) is 6.58 Å². The maximum atomic E-state index is 12.6. The molecule has 0 aliphatic carbocycles. The Hall–Kier alpha value is -1.01. The highest BCUT2D eigenvalue weighted by Gasteiger charge is 2.39. The van der Waals surface area contributed by atoms with Gasteiger partial charge in [-0.25, -0.2) is 0 Å². The number of alkyl halides is 3. The third-order valence-corrected chi connectivity index (χ3v) is 2.48. The summed E-state index contributed by atoms with van der Waals surface area (Å²) < 4.78 is 38.9. The van der Waals surface area contributed by atoms with E-state index in [0.29, 0.717) is 0 Å². The molecule has 0 unspecified atom stereocenters. The minimum Gasteiger partial charge on any atom is -0.330 e. The summed E-state index contributed by atoms with van der Waals surface area (Å²) in [6.07, 6.45) is -4.30. The molecule has 0 aliphatic rings. The molecule has 0 saturated carbocycles. The van der Waals surface area contributed by atoms with Crippen LogP contribution in [0.25, 0.3) is 5.57 Å². The van der Waals surface area contributed by atoms with Crippen LogP contribution in [-0.4, -0.2) is 16.3 Å². The maximum Gasteiger partial charge on any atom is 0.435 e. The molecule has 0 amide bonds. The molecular formula is C9H11ClF3N3. The lowest BCUT2D eigenvalue weighted by molar-refractivity contribution is -0.141. The second-order valence-corrected chi connectivity index (χ2v) is 3.64. The molecule has 7 heteroatoms. The summed E-state index contributed by atoms with van der Waals surface area (Å²) in [5, 5.41) is 3.26. The average molecular weight is 254 g/mol. The summed E-state index contributed by atoms with van der Waals surface area (Å²) >= 11 is 5.75. The van der Waals surface area contributed by atoms with Crippen LogP contribution < -0.4 is 5.73 Å². The first-order valence-corrected chi connectivity index (χ1v) is 4.84. The van der Waals surface area contributed by atoms with Gasteiger partial charge >= 0.3 is 6.18 Å². The summed E-state index contributed by atoms with van der Waals surface area (Å²) in [5.74, 6) is 0. The zero-order chi connectivity index (χ0) is 12.5. The summed E-state index contributed by atoms with van der Waals surface area (Å²) in [7, 11) is 1.34. The molecule has 90 valence electrons. The van der Waals surface area contributed by atoms with Crippen molar-refractivity contribution < 1.29 is 13.2 Å². The number of nitrogens with two attached hydrogens (primary N) is 1. The van der Waals surface area contributed by atoms with Crippen molar-refractivity contribution >= 4 is 17.2 Å². The van der Waals surface area contributed by atoms with Gasteiger partial charge < -0.3 is 5.73 Å². The largest absolute Gasteiger partial charge is 0.435 e. The SMILES string of the molecule is C=C(CCN)c1c(C(F)(F)F)nn(C)c1Cl. The van der Waals surface area contributed by atoms with Crippen molar-refractivity contribution in [1.82, 2.24) is 9.78 Å². The Labute approximate surface area is 95.7 Å². The van der Waals surface area contributed by atoms with Gasteiger partial charge in [-0.05, 0) is 18.5 Å². The molecule has 0 bridgehead atoms. The van der Waals surface area contributed by atoms with Crippen LogP contribution in [0.2, 0.25) is 5.15 Å². The maximum absolute atomic E-state index is 12.6. The van der Waals surface area contributed by atoms with Crippen molar-refractivity contribution in [1.29, 1.82) is 0 Å². The van der Waals surface area contributed by atoms with Gasteiger partial charge in [0.25, 0.3) is 0 Å². The van der Waals surface area contributed by atoms with Crippen molar-refractivity contribution in [2.45, 2.75) is 12.6 Å². The van der Waals surface area contributed by atoms with E-state index in [0.717, 1.165) is 4.68 Å². The van der Waals surface area contributed by atoms with Crippen molar-refractivity contribution in [3.05, 3.63) is 23.0 Å². The van der Waals surface area contributed by atoms with Gasteiger partial charge in [0.05, 0.1) is 0 Å². The zero-order valence-corrected chi connectivity index (χ0v) is 9.36. The molecule has 0 aromatic carbocycles. The lowest BCUT2D eigenvalue weighted by atomic mass is 10.1. The van der Waals surface area contributed by atoms with E-state index in [1.807, 2.05) is 0 Å². The number of aromatic nitrogens is 2. The summed E-state index contributed by atoms with van der Waals surface area (Å²) in [6.45, 7) is 3.75. The van der Waals surface area contributed by atoms with Crippen LogP contribution in [0.3, 0.4) is 0 Å². The zero-order valence-electron chi connectivity index (χ0n) is 8.60. The summed E-state index contributed by atoms with van der Waals surface area (Å²) in [6, 6.07) is 0. The molecule has 16 heavy (non-hydrogen) atoms. The van der Waals surface area contributed by atoms with E-state index in [4.69, 9.17) is 17.3 Å². The van der Waals surface area contributed by atoms with E-state index in [9.17, 15) is 13.2 Å². The van der Waals surface area contributed by atoms with Crippen LogP contribution in [0.1, 0.15) is 17.7 Å². The summed E-state index contributed by atoms with van der Waals surface area (Å²) in [4.78, 5) is 0. The highest BCUT2D eigenvalue weighted by molar-refractivity contribution is 6.31. The molecule has 1 aromatic heterocycles. The fourth-order valence-corrected chi connectivity index (χ4v) is 1.58. The molecular weight excluding hydrogens is 243 g/mol. The van der Waals surface area contributed by atoms with E-state index in [1.54, 1.807) is 0 Å². The Kier molecular flexibility index (Phi) is 3.64. The standard InChI is InChI=1S/C9H11ClF3N3/c1-5(3-4-14)6-7(9(11,12)13)15-16(2)8(6)10/h1,3-4,14H2,2H3. The molecule has 0 radical (unpaired) electrons. The predicted octanol–water partition coefficient (Wildman–Crippen LogP) is 2.45. The van der Waals surface area contributed by atoms with Crippen LogP contribution in [0.4, 0.5) is 13.2 Å². The lowest BCUT2D eigenvalue weighted by Crippen LogP contribution is -2.10.